The van der Waals surface area contributed by atoms with Crippen LogP contribution in [0.15, 0.2) is 0 Å². The number of hydrogen-bond donors (Lipinski definition) is 0. The number of hydrogen-bond acceptors (Lipinski definition) is 5. The Labute approximate surface area is 116 Å². The molecular formula is C13H25NO4S. The summed E-state index contributed by atoms with van der Waals surface area (Å²) in [6.07, 6.45) is 5.50. The quantitative estimate of drug-likeness (QED) is 0.689. The Morgan fingerprint density at radius 3 is 2.58 bits per heavy atom. The Morgan fingerprint density at radius 1 is 1.37 bits per heavy atom. The predicted molar refractivity (Wildman–Crippen MR) is 74.8 cm³/mol. The first-order chi connectivity index (χ1) is 8.88. The van der Waals surface area contributed by atoms with Crippen LogP contribution in [0.3, 0.4) is 0 Å². The standard InChI is InChI=1S/C13H25NO4S/c1-4-8-14(10-13(15)18-2)11-6-5-7-12(9-11)19(3,16)17/h11-12H,4-10H2,1-3H3. The molecule has 0 bridgehead atoms. The number of esters is 1. The molecule has 2 unspecified atom stereocenters. The van der Waals surface area contributed by atoms with Crippen molar-refractivity contribution in [3.63, 3.8) is 0 Å². The molecule has 0 aromatic heterocycles. The lowest BCUT2D eigenvalue weighted by atomic mass is 9.93. The van der Waals surface area contributed by atoms with Crippen LogP contribution in [-0.4, -0.2) is 57.0 Å². The Hall–Kier alpha value is -0.620. The highest BCUT2D eigenvalue weighted by atomic mass is 32.2. The first-order valence-electron chi connectivity index (χ1n) is 6.88. The fourth-order valence-corrected chi connectivity index (χ4v) is 3.92. The van der Waals surface area contributed by atoms with Gasteiger partial charge in [0.2, 0.25) is 0 Å². The Bertz CT molecular complexity index is 393. The van der Waals surface area contributed by atoms with E-state index in [-0.39, 0.29) is 23.8 Å². The van der Waals surface area contributed by atoms with Gasteiger partial charge in [-0.1, -0.05) is 13.3 Å². The van der Waals surface area contributed by atoms with Gasteiger partial charge in [-0.2, -0.15) is 0 Å². The number of sulfone groups is 1. The summed E-state index contributed by atoms with van der Waals surface area (Å²) in [5, 5.41) is -0.261. The maximum Gasteiger partial charge on any atom is 0.319 e. The van der Waals surface area contributed by atoms with E-state index in [0.29, 0.717) is 6.42 Å². The van der Waals surface area contributed by atoms with Crippen molar-refractivity contribution in [1.82, 2.24) is 4.90 Å². The Morgan fingerprint density at radius 2 is 2.05 bits per heavy atom. The molecule has 1 rings (SSSR count). The molecule has 1 aliphatic rings. The molecule has 19 heavy (non-hydrogen) atoms. The third kappa shape index (κ3) is 5.10. The van der Waals surface area contributed by atoms with Crippen LogP contribution in [0.2, 0.25) is 0 Å². The number of nitrogens with zero attached hydrogens (tertiary/aromatic N) is 1. The van der Waals surface area contributed by atoms with Gasteiger partial charge < -0.3 is 4.74 Å². The Kier molecular flexibility index (Phi) is 6.26. The second-order valence-corrected chi connectivity index (χ2v) is 7.64. The summed E-state index contributed by atoms with van der Waals surface area (Å²) in [6.45, 7) is 3.11. The van der Waals surface area contributed by atoms with Gasteiger partial charge in [-0.3, -0.25) is 9.69 Å². The molecule has 5 nitrogen and oxygen atoms in total. The van der Waals surface area contributed by atoms with Crippen molar-refractivity contribution >= 4 is 15.8 Å². The second-order valence-electron chi connectivity index (χ2n) is 5.32. The minimum Gasteiger partial charge on any atom is -0.468 e. The third-order valence-corrected chi connectivity index (χ3v) is 5.43. The molecule has 0 N–H and O–H groups in total. The molecule has 6 heteroatoms. The van der Waals surface area contributed by atoms with E-state index in [2.05, 4.69) is 11.8 Å². The summed E-state index contributed by atoms with van der Waals surface area (Å²) in [5.41, 5.74) is 0. The lowest BCUT2D eigenvalue weighted by molar-refractivity contribution is -0.142. The highest BCUT2D eigenvalue weighted by Gasteiger charge is 2.32. The van der Waals surface area contributed by atoms with Crippen LogP contribution in [-0.2, 0) is 19.4 Å². The molecule has 0 spiro atoms. The van der Waals surface area contributed by atoms with E-state index in [1.165, 1.54) is 13.4 Å². The molecule has 112 valence electrons. The van der Waals surface area contributed by atoms with E-state index in [4.69, 9.17) is 4.74 Å². The average Bonchev–Trinajstić information content (AvgIpc) is 2.37. The van der Waals surface area contributed by atoms with Crippen LogP contribution in [0.4, 0.5) is 0 Å². The normalized spacial score (nSPS) is 24.4. The number of carbonyl (C=O) groups is 1. The van der Waals surface area contributed by atoms with Crippen LogP contribution < -0.4 is 0 Å². The Balaban J connectivity index is 2.70. The lowest BCUT2D eigenvalue weighted by Crippen LogP contribution is -2.44. The zero-order valence-electron chi connectivity index (χ0n) is 12.1. The molecule has 2 atom stereocenters. The van der Waals surface area contributed by atoms with E-state index >= 15 is 0 Å². The maximum atomic E-state index is 11.7. The molecule has 0 aromatic rings. The molecule has 0 aliphatic heterocycles. The minimum atomic E-state index is -2.98. The highest BCUT2D eigenvalue weighted by Crippen LogP contribution is 2.27. The molecule has 0 heterocycles. The van der Waals surface area contributed by atoms with Crippen LogP contribution in [0.25, 0.3) is 0 Å². The van der Waals surface area contributed by atoms with Gasteiger partial charge >= 0.3 is 5.97 Å². The van der Waals surface area contributed by atoms with Gasteiger partial charge in [0, 0.05) is 12.3 Å². The van der Waals surface area contributed by atoms with Crippen molar-refractivity contribution in [1.29, 1.82) is 0 Å². The molecule has 0 amide bonds. The zero-order valence-corrected chi connectivity index (χ0v) is 12.9. The van der Waals surface area contributed by atoms with Crippen molar-refractivity contribution in [3.8, 4) is 0 Å². The van der Waals surface area contributed by atoms with Gasteiger partial charge in [0.25, 0.3) is 0 Å². The predicted octanol–water partition coefficient (Wildman–Crippen LogP) is 1.23. The van der Waals surface area contributed by atoms with Crippen LogP contribution in [0, 0.1) is 0 Å². The summed E-state index contributed by atoms with van der Waals surface area (Å²) in [7, 11) is -1.60. The van der Waals surface area contributed by atoms with E-state index in [1.54, 1.807) is 0 Å². The molecule has 0 radical (unpaired) electrons. The molecule has 1 aliphatic carbocycles. The van der Waals surface area contributed by atoms with Gasteiger partial charge in [0.05, 0.1) is 18.9 Å². The highest BCUT2D eigenvalue weighted by molar-refractivity contribution is 7.91. The number of carbonyl (C=O) groups excluding carboxylic acids is 1. The number of methoxy groups -OCH3 is 1. The first kappa shape index (κ1) is 16.4. The van der Waals surface area contributed by atoms with Crippen LogP contribution in [0.5, 0.6) is 0 Å². The lowest BCUT2D eigenvalue weighted by Gasteiger charge is -2.36. The molecule has 1 saturated carbocycles. The topological polar surface area (TPSA) is 63.7 Å². The summed E-state index contributed by atoms with van der Waals surface area (Å²) in [5.74, 6) is -0.255. The average molecular weight is 291 g/mol. The number of ether oxygens (including phenoxy) is 1. The monoisotopic (exact) mass is 291 g/mol. The van der Waals surface area contributed by atoms with E-state index in [9.17, 15) is 13.2 Å². The van der Waals surface area contributed by atoms with E-state index in [1.807, 2.05) is 0 Å². The SMILES string of the molecule is CCCN(CC(=O)OC)C1CCCC(S(C)(=O)=O)C1. The van der Waals surface area contributed by atoms with Crippen molar-refractivity contribution < 1.29 is 17.9 Å². The fourth-order valence-electron chi connectivity index (χ4n) is 2.75. The van der Waals surface area contributed by atoms with Gasteiger partial charge in [0.15, 0.2) is 0 Å². The van der Waals surface area contributed by atoms with Crippen molar-refractivity contribution in [2.45, 2.75) is 50.3 Å². The summed E-state index contributed by atoms with van der Waals surface area (Å²) < 4.78 is 28.1. The summed E-state index contributed by atoms with van der Waals surface area (Å²) >= 11 is 0. The zero-order chi connectivity index (χ0) is 14.5. The molecule has 0 saturated heterocycles. The van der Waals surface area contributed by atoms with Crippen LogP contribution >= 0.6 is 0 Å². The minimum absolute atomic E-state index is 0.174. The van der Waals surface area contributed by atoms with Gasteiger partial charge in [0.1, 0.15) is 9.84 Å². The van der Waals surface area contributed by atoms with Crippen molar-refractivity contribution in [3.05, 3.63) is 0 Å². The molecule has 0 aromatic carbocycles. The van der Waals surface area contributed by atoms with Crippen molar-refractivity contribution in [2.24, 2.45) is 0 Å². The third-order valence-electron chi connectivity index (χ3n) is 3.79. The molecular weight excluding hydrogens is 266 g/mol. The van der Waals surface area contributed by atoms with Crippen molar-refractivity contribution in [2.75, 3.05) is 26.5 Å². The van der Waals surface area contributed by atoms with E-state index in [0.717, 1.165) is 32.2 Å². The smallest absolute Gasteiger partial charge is 0.319 e. The second kappa shape index (κ2) is 7.24. The first-order valence-corrected chi connectivity index (χ1v) is 8.83. The largest absolute Gasteiger partial charge is 0.468 e. The number of rotatable bonds is 6. The summed E-state index contributed by atoms with van der Waals surface area (Å²) in [4.78, 5) is 13.5. The van der Waals surface area contributed by atoms with Gasteiger partial charge in [-0.25, -0.2) is 8.42 Å². The fraction of sp³-hybridized carbons (Fsp3) is 0.923. The molecule has 1 fully saturated rings. The van der Waals surface area contributed by atoms with Gasteiger partial charge in [-0.05, 0) is 32.2 Å². The van der Waals surface area contributed by atoms with E-state index < -0.39 is 9.84 Å². The summed E-state index contributed by atoms with van der Waals surface area (Å²) in [6, 6.07) is 0.174. The van der Waals surface area contributed by atoms with Crippen LogP contribution in [0.1, 0.15) is 39.0 Å². The van der Waals surface area contributed by atoms with Gasteiger partial charge in [-0.15, -0.1) is 0 Å². The maximum absolute atomic E-state index is 11.7.